The molecule has 0 unspecified atom stereocenters. The normalized spacial score (nSPS) is 10.8. The Bertz CT molecular complexity index is 339. The van der Waals surface area contributed by atoms with E-state index in [4.69, 9.17) is 5.73 Å². The summed E-state index contributed by atoms with van der Waals surface area (Å²) < 4.78 is 1.56. The number of nitrogen functional groups attached to an aromatic ring is 1. The van der Waals surface area contributed by atoms with Crippen molar-refractivity contribution >= 4 is 5.69 Å². The lowest BCUT2D eigenvalue weighted by atomic mass is 10.4. The van der Waals surface area contributed by atoms with Crippen LogP contribution in [-0.4, -0.2) is 4.57 Å². The predicted molar refractivity (Wildman–Crippen MR) is 49.9 cm³/mol. The van der Waals surface area contributed by atoms with Crippen LogP contribution in [0.2, 0.25) is 0 Å². The van der Waals surface area contributed by atoms with Crippen molar-refractivity contribution < 1.29 is 0 Å². The number of aromatic nitrogens is 1. The standard InChI is InChI=1S/C9H12N2O/c1-2-3-6-11-7-8(10)4-5-9(11)12/h2-5,7H,6,10H2,1H3/b3-2+. The van der Waals surface area contributed by atoms with Gasteiger partial charge in [-0.1, -0.05) is 12.2 Å². The molecule has 12 heavy (non-hydrogen) atoms. The second-order valence-electron chi connectivity index (χ2n) is 2.52. The van der Waals surface area contributed by atoms with Gasteiger partial charge < -0.3 is 10.3 Å². The number of pyridine rings is 1. The highest BCUT2D eigenvalue weighted by Gasteiger charge is 1.92. The van der Waals surface area contributed by atoms with Crippen molar-refractivity contribution in [2.75, 3.05) is 5.73 Å². The second kappa shape index (κ2) is 3.76. The Hall–Kier alpha value is -1.51. The summed E-state index contributed by atoms with van der Waals surface area (Å²) in [6.45, 7) is 2.50. The van der Waals surface area contributed by atoms with Gasteiger partial charge in [0, 0.05) is 24.5 Å². The number of nitrogens with zero attached hydrogens (tertiary/aromatic N) is 1. The largest absolute Gasteiger partial charge is 0.398 e. The van der Waals surface area contributed by atoms with E-state index in [1.165, 1.54) is 6.07 Å². The van der Waals surface area contributed by atoms with Gasteiger partial charge in [-0.15, -0.1) is 0 Å². The number of anilines is 1. The molecule has 0 fully saturated rings. The van der Waals surface area contributed by atoms with Crippen LogP contribution in [0.3, 0.4) is 0 Å². The first kappa shape index (κ1) is 8.59. The molecule has 0 aliphatic heterocycles. The molecule has 0 atom stereocenters. The lowest BCUT2D eigenvalue weighted by Gasteiger charge is -2.01. The van der Waals surface area contributed by atoms with Crippen LogP contribution in [0.25, 0.3) is 0 Å². The van der Waals surface area contributed by atoms with Crippen molar-refractivity contribution in [1.82, 2.24) is 4.57 Å². The zero-order chi connectivity index (χ0) is 8.97. The maximum Gasteiger partial charge on any atom is 0.250 e. The Morgan fingerprint density at radius 3 is 3.00 bits per heavy atom. The van der Waals surface area contributed by atoms with Gasteiger partial charge in [0.2, 0.25) is 0 Å². The molecule has 2 N–H and O–H groups in total. The fraction of sp³-hybridized carbons (Fsp3) is 0.222. The summed E-state index contributed by atoms with van der Waals surface area (Å²) in [5.74, 6) is 0. The molecule has 0 saturated carbocycles. The lowest BCUT2D eigenvalue weighted by molar-refractivity contribution is 0.780. The Labute approximate surface area is 71.1 Å². The van der Waals surface area contributed by atoms with Crippen molar-refractivity contribution in [3.63, 3.8) is 0 Å². The van der Waals surface area contributed by atoms with Gasteiger partial charge in [-0.2, -0.15) is 0 Å². The average molecular weight is 164 g/mol. The molecular formula is C9H12N2O. The van der Waals surface area contributed by atoms with E-state index in [1.54, 1.807) is 16.8 Å². The molecule has 0 bridgehead atoms. The monoisotopic (exact) mass is 164 g/mol. The maximum absolute atomic E-state index is 11.2. The highest BCUT2D eigenvalue weighted by Crippen LogP contribution is 1.95. The molecule has 1 aromatic heterocycles. The molecule has 1 heterocycles. The molecule has 1 aromatic rings. The van der Waals surface area contributed by atoms with E-state index in [2.05, 4.69) is 0 Å². The first-order valence-corrected chi connectivity index (χ1v) is 3.81. The zero-order valence-corrected chi connectivity index (χ0v) is 7.03. The zero-order valence-electron chi connectivity index (χ0n) is 7.03. The fourth-order valence-corrected chi connectivity index (χ4v) is 0.911. The summed E-state index contributed by atoms with van der Waals surface area (Å²) in [5, 5.41) is 0. The number of rotatable bonds is 2. The molecule has 0 aromatic carbocycles. The molecule has 0 aliphatic carbocycles. The number of nitrogens with two attached hydrogens (primary N) is 1. The maximum atomic E-state index is 11.2. The van der Waals surface area contributed by atoms with Crippen LogP contribution in [0.4, 0.5) is 5.69 Å². The summed E-state index contributed by atoms with van der Waals surface area (Å²) in [6.07, 6.45) is 5.44. The molecule has 0 spiro atoms. The summed E-state index contributed by atoms with van der Waals surface area (Å²) in [7, 11) is 0. The minimum absolute atomic E-state index is 0.0256. The summed E-state index contributed by atoms with van der Waals surface area (Å²) in [6, 6.07) is 3.08. The summed E-state index contributed by atoms with van der Waals surface area (Å²) in [4.78, 5) is 11.2. The van der Waals surface area contributed by atoms with E-state index >= 15 is 0 Å². The van der Waals surface area contributed by atoms with E-state index in [0.29, 0.717) is 12.2 Å². The van der Waals surface area contributed by atoms with Gasteiger partial charge in [0.05, 0.1) is 0 Å². The van der Waals surface area contributed by atoms with Crippen LogP contribution >= 0.6 is 0 Å². The van der Waals surface area contributed by atoms with Gasteiger partial charge >= 0.3 is 0 Å². The number of allylic oxidation sites excluding steroid dienone is 2. The number of hydrogen-bond donors (Lipinski definition) is 1. The highest BCUT2D eigenvalue weighted by molar-refractivity contribution is 5.33. The van der Waals surface area contributed by atoms with Gasteiger partial charge in [-0.05, 0) is 13.0 Å². The van der Waals surface area contributed by atoms with Crippen LogP contribution in [0.1, 0.15) is 6.92 Å². The van der Waals surface area contributed by atoms with Crippen molar-refractivity contribution in [2.45, 2.75) is 13.5 Å². The molecule has 0 amide bonds. The van der Waals surface area contributed by atoms with Crippen molar-refractivity contribution in [1.29, 1.82) is 0 Å². The predicted octanol–water partition coefficient (Wildman–Crippen LogP) is 1.01. The van der Waals surface area contributed by atoms with Crippen molar-refractivity contribution in [3.05, 3.63) is 40.8 Å². The van der Waals surface area contributed by atoms with Crippen LogP contribution in [0.15, 0.2) is 35.3 Å². The molecule has 0 aliphatic rings. The van der Waals surface area contributed by atoms with Gasteiger partial charge in [-0.25, -0.2) is 0 Å². The topological polar surface area (TPSA) is 48.0 Å². The first-order chi connectivity index (χ1) is 5.74. The minimum atomic E-state index is -0.0256. The van der Waals surface area contributed by atoms with Gasteiger partial charge in [-0.3, -0.25) is 4.79 Å². The first-order valence-electron chi connectivity index (χ1n) is 3.81. The van der Waals surface area contributed by atoms with Gasteiger partial charge in [0.1, 0.15) is 0 Å². The summed E-state index contributed by atoms with van der Waals surface area (Å²) in [5.41, 5.74) is 6.10. The highest BCUT2D eigenvalue weighted by atomic mass is 16.1. The molecule has 3 nitrogen and oxygen atoms in total. The van der Waals surface area contributed by atoms with E-state index in [0.717, 1.165) is 0 Å². The SMILES string of the molecule is C/C=C/Cn1cc(N)ccc1=O. The van der Waals surface area contributed by atoms with E-state index in [9.17, 15) is 4.79 Å². The number of hydrogen-bond acceptors (Lipinski definition) is 2. The van der Waals surface area contributed by atoms with Crippen LogP contribution in [0.5, 0.6) is 0 Å². The molecule has 0 radical (unpaired) electrons. The van der Waals surface area contributed by atoms with Crippen LogP contribution in [0, 0.1) is 0 Å². The van der Waals surface area contributed by atoms with Crippen molar-refractivity contribution in [2.24, 2.45) is 0 Å². The van der Waals surface area contributed by atoms with Crippen molar-refractivity contribution in [3.8, 4) is 0 Å². The average Bonchev–Trinajstić information content (AvgIpc) is 2.07. The third-order valence-electron chi connectivity index (χ3n) is 1.54. The van der Waals surface area contributed by atoms with E-state index in [-0.39, 0.29) is 5.56 Å². The molecule has 3 heteroatoms. The van der Waals surface area contributed by atoms with E-state index < -0.39 is 0 Å². The Kier molecular flexibility index (Phi) is 2.69. The molecule has 64 valence electrons. The molecule has 0 saturated heterocycles. The van der Waals surface area contributed by atoms with Gasteiger partial charge in [0.25, 0.3) is 5.56 Å². The van der Waals surface area contributed by atoms with E-state index in [1.807, 2.05) is 19.1 Å². The Morgan fingerprint density at radius 1 is 1.58 bits per heavy atom. The lowest BCUT2D eigenvalue weighted by Crippen LogP contribution is -2.17. The fourth-order valence-electron chi connectivity index (χ4n) is 0.911. The molecular weight excluding hydrogens is 152 g/mol. The quantitative estimate of drug-likeness (QED) is 0.663. The Morgan fingerprint density at radius 2 is 2.33 bits per heavy atom. The smallest absolute Gasteiger partial charge is 0.250 e. The minimum Gasteiger partial charge on any atom is -0.398 e. The second-order valence-corrected chi connectivity index (χ2v) is 2.52. The van der Waals surface area contributed by atoms with Gasteiger partial charge in [0.15, 0.2) is 0 Å². The third-order valence-corrected chi connectivity index (χ3v) is 1.54. The Balaban J connectivity index is 2.97. The molecule has 1 rings (SSSR count). The van der Waals surface area contributed by atoms with Crippen LogP contribution < -0.4 is 11.3 Å². The third kappa shape index (κ3) is 1.99. The summed E-state index contributed by atoms with van der Waals surface area (Å²) >= 11 is 0. The van der Waals surface area contributed by atoms with Crippen LogP contribution in [-0.2, 0) is 6.54 Å².